The van der Waals surface area contributed by atoms with Crippen molar-refractivity contribution in [3.05, 3.63) is 58.1 Å². The summed E-state index contributed by atoms with van der Waals surface area (Å²) in [6.45, 7) is 3.06. The molecule has 0 fully saturated rings. The summed E-state index contributed by atoms with van der Waals surface area (Å²) in [7, 11) is 0. The predicted octanol–water partition coefficient (Wildman–Crippen LogP) is 3.64. The van der Waals surface area contributed by atoms with Crippen LogP contribution in [0.4, 0.5) is 5.13 Å². The SMILES string of the molecule is CC(C)(OC1=COC(Cc2ccccc2)O1)C(=O)Nc1nc(C(=O)O)c(Cl)s1. The van der Waals surface area contributed by atoms with Gasteiger partial charge in [0.2, 0.25) is 6.29 Å². The van der Waals surface area contributed by atoms with E-state index in [-0.39, 0.29) is 21.1 Å². The number of amides is 1. The highest BCUT2D eigenvalue weighted by atomic mass is 35.5. The molecule has 10 heteroatoms. The Morgan fingerprint density at radius 3 is 2.71 bits per heavy atom. The molecule has 1 unspecified atom stereocenters. The molecule has 1 aliphatic rings. The quantitative estimate of drug-likeness (QED) is 0.698. The van der Waals surface area contributed by atoms with E-state index in [0.717, 1.165) is 16.9 Å². The minimum Gasteiger partial charge on any atom is -0.476 e. The van der Waals surface area contributed by atoms with Gasteiger partial charge >= 0.3 is 11.9 Å². The van der Waals surface area contributed by atoms with Gasteiger partial charge in [-0.25, -0.2) is 9.78 Å². The number of aromatic carboxylic acids is 1. The Morgan fingerprint density at radius 1 is 1.36 bits per heavy atom. The summed E-state index contributed by atoms with van der Waals surface area (Å²) < 4.78 is 16.6. The smallest absolute Gasteiger partial charge is 0.357 e. The van der Waals surface area contributed by atoms with Crippen molar-refractivity contribution in [2.45, 2.75) is 32.2 Å². The topological polar surface area (TPSA) is 107 Å². The van der Waals surface area contributed by atoms with Crippen molar-refractivity contribution < 1.29 is 28.9 Å². The standard InChI is InChI=1S/C18H17ClN2O6S/c1-18(2,16(24)21-17-20-13(15(22)23)14(19)28-17)27-12-9-25-11(26-12)8-10-6-4-3-5-7-10/h3-7,9,11H,8H2,1-2H3,(H,22,23)(H,20,21,24). The molecule has 1 atom stereocenters. The average molecular weight is 425 g/mol. The van der Waals surface area contributed by atoms with E-state index in [9.17, 15) is 9.59 Å². The molecule has 0 radical (unpaired) electrons. The number of hydrogen-bond acceptors (Lipinski definition) is 7. The zero-order valence-electron chi connectivity index (χ0n) is 15.0. The van der Waals surface area contributed by atoms with Gasteiger partial charge in [-0.3, -0.25) is 10.1 Å². The largest absolute Gasteiger partial charge is 0.476 e. The molecule has 1 aromatic heterocycles. The highest BCUT2D eigenvalue weighted by Gasteiger charge is 2.35. The van der Waals surface area contributed by atoms with Gasteiger partial charge in [0.1, 0.15) is 4.34 Å². The number of halogens is 1. The molecule has 1 aromatic carbocycles. The number of carbonyl (C=O) groups is 2. The Balaban J connectivity index is 1.56. The van der Waals surface area contributed by atoms with Crippen LogP contribution in [0.15, 0.2) is 42.5 Å². The summed E-state index contributed by atoms with van der Waals surface area (Å²) in [6, 6.07) is 9.66. The Morgan fingerprint density at radius 2 is 2.07 bits per heavy atom. The van der Waals surface area contributed by atoms with Crippen molar-refractivity contribution in [1.82, 2.24) is 4.98 Å². The maximum absolute atomic E-state index is 12.5. The lowest BCUT2D eigenvalue weighted by Crippen LogP contribution is -2.39. The molecule has 2 aromatic rings. The van der Waals surface area contributed by atoms with Gasteiger partial charge in [0, 0.05) is 6.42 Å². The first-order chi connectivity index (χ1) is 13.2. The molecule has 1 aliphatic heterocycles. The van der Waals surface area contributed by atoms with Crippen LogP contribution in [0.5, 0.6) is 0 Å². The van der Waals surface area contributed by atoms with Crippen LogP contribution >= 0.6 is 22.9 Å². The first-order valence-electron chi connectivity index (χ1n) is 8.21. The van der Waals surface area contributed by atoms with Crippen LogP contribution in [0.1, 0.15) is 29.9 Å². The van der Waals surface area contributed by atoms with Crippen molar-refractivity contribution in [3.8, 4) is 0 Å². The van der Waals surface area contributed by atoms with E-state index in [4.69, 9.17) is 30.9 Å². The zero-order chi connectivity index (χ0) is 20.3. The summed E-state index contributed by atoms with van der Waals surface area (Å²) in [5.74, 6) is -1.75. The predicted molar refractivity (Wildman–Crippen MR) is 102 cm³/mol. The number of carbonyl (C=O) groups excluding carboxylic acids is 1. The third-order valence-electron chi connectivity index (χ3n) is 3.72. The number of rotatable bonds is 7. The number of carboxylic acid groups (broad SMARTS) is 1. The molecule has 148 valence electrons. The lowest BCUT2D eigenvalue weighted by atomic mass is 10.1. The number of benzene rings is 1. The summed E-state index contributed by atoms with van der Waals surface area (Å²) in [4.78, 5) is 27.3. The van der Waals surface area contributed by atoms with Gasteiger partial charge in [0.25, 0.3) is 5.91 Å². The van der Waals surface area contributed by atoms with Crippen LogP contribution in [-0.2, 0) is 25.4 Å². The summed E-state index contributed by atoms with van der Waals surface area (Å²) in [6.07, 6.45) is 1.28. The zero-order valence-corrected chi connectivity index (χ0v) is 16.5. The fourth-order valence-corrected chi connectivity index (χ4v) is 3.32. The molecule has 0 saturated heterocycles. The van der Waals surface area contributed by atoms with Gasteiger partial charge in [-0.05, 0) is 19.4 Å². The van der Waals surface area contributed by atoms with Gasteiger partial charge in [-0.2, -0.15) is 0 Å². The van der Waals surface area contributed by atoms with E-state index in [1.54, 1.807) is 0 Å². The van der Waals surface area contributed by atoms with E-state index < -0.39 is 23.8 Å². The minimum absolute atomic E-state index is 0.0273. The van der Waals surface area contributed by atoms with Crippen LogP contribution in [0.25, 0.3) is 0 Å². The van der Waals surface area contributed by atoms with Gasteiger partial charge in [0.05, 0.1) is 0 Å². The maximum Gasteiger partial charge on any atom is 0.357 e. The Bertz CT molecular complexity index is 912. The number of hydrogen-bond donors (Lipinski definition) is 2. The Hall–Kier alpha value is -2.78. The van der Waals surface area contributed by atoms with Crippen LogP contribution in [0.2, 0.25) is 4.34 Å². The molecule has 0 bridgehead atoms. The van der Waals surface area contributed by atoms with Crippen LogP contribution < -0.4 is 5.32 Å². The van der Waals surface area contributed by atoms with E-state index in [1.165, 1.54) is 20.1 Å². The summed E-state index contributed by atoms with van der Waals surface area (Å²) in [5.41, 5.74) is -0.619. The number of nitrogens with one attached hydrogen (secondary N) is 1. The normalized spacial score (nSPS) is 16.0. The highest BCUT2D eigenvalue weighted by molar-refractivity contribution is 7.20. The molecule has 8 nitrogen and oxygen atoms in total. The second-order valence-electron chi connectivity index (χ2n) is 6.32. The first kappa shape index (κ1) is 20.0. The molecule has 28 heavy (non-hydrogen) atoms. The maximum atomic E-state index is 12.5. The molecule has 0 aliphatic carbocycles. The van der Waals surface area contributed by atoms with Crippen LogP contribution in [0, 0.1) is 0 Å². The molecular weight excluding hydrogens is 408 g/mol. The van der Waals surface area contributed by atoms with Gasteiger partial charge in [0.15, 0.2) is 22.7 Å². The number of anilines is 1. The third kappa shape index (κ3) is 4.73. The molecule has 3 rings (SSSR count). The van der Waals surface area contributed by atoms with Crippen molar-refractivity contribution in [2.75, 3.05) is 5.32 Å². The van der Waals surface area contributed by atoms with E-state index >= 15 is 0 Å². The summed E-state index contributed by atoms with van der Waals surface area (Å²) >= 11 is 6.65. The number of thiazole rings is 1. The Labute approximate surface area is 169 Å². The molecular formula is C18H17ClN2O6S. The summed E-state index contributed by atoms with van der Waals surface area (Å²) in [5, 5.41) is 11.5. The van der Waals surface area contributed by atoms with Gasteiger partial charge in [-0.1, -0.05) is 53.3 Å². The fraction of sp³-hybridized carbons (Fsp3) is 0.278. The van der Waals surface area contributed by atoms with Crippen LogP contribution in [-0.4, -0.2) is 33.9 Å². The number of aromatic nitrogens is 1. The van der Waals surface area contributed by atoms with E-state index in [0.29, 0.717) is 6.42 Å². The number of ether oxygens (including phenoxy) is 3. The lowest BCUT2D eigenvalue weighted by molar-refractivity contribution is -0.144. The third-order valence-corrected chi connectivity index (χ3v) is 4.89. The van der Waals surface area contributed by atoms with E-state index in [1.807, 2.05) is 30.3 Å². The van der Waals surface area contributed by atoms with Crippen molar-refractivity contribution in [3.63, 3.8) is 0 Å². The monoisotopic (exact) mass is 424 g/mol. The highest BCUT2D eigenvalue weighted by Crippen LogP contribution is 2.30. The molecule has 1 amide bonds. The second kappa shape index (κ2) is 8.07. The van der Waals surface area contributed by atoms with Gasteiger partial charge < -0.3 is 19.3 Å². The second-order valence-corrected chi connectivity index (χ2v) is 7.92. The first-order valence-corrected chi connectivity index (χ1v) is 9.40. The van der Waals surface area contributed by atoms with Crippen LogP contribution in [0.3, 0.4) is 0 Å². The number of nitrogens with zero attached hydrogens (tertiary/aromatic N) is 1. The number of carboxylic acids is 1. The minimum atomic E-state index is -1.33. The molecule has 0 saturated carbocycles. The van der Waals surface area contributed by atoms with Gasteiger partial charge in [-0.15, -0.1) is 0 Å². The van der Waals surface area contributed by atoms with E-state index in [2.05, 4.69) is 10.3 Å². The average Bonchev–Trinajstić information content (AvgIpc) is 3.21. The lowest BCUT2D eigenvalue weighted by Gasteiger charge is -2.24. The molecule has 0 spiro atoms. The fourth-order valence-electron chi connectivity index (χ4n) is 2.29. The Kier molecular flexibility index (Phi) is 5.76. The van der Waals surface area contributed by atoms with Crippen molar-refractivity contribution >= 4 is 39.9 Å². The van der Waals surface area contributed by atoms with Crippen molar-refractivity contribution in [1.29, 1.82) is 0 Å². The molecule has 2 heterocycles. The van der Waals surface area contributed by atoms with Crippen molar-refractivity contribution in [2.24, 2.45) is 0 Å². The molecule has 2 N–H and O–H groups in total.